The third-order valence-electron chi connectivity index (χ3n) is 5.85. The van der Waals surface area contributed by atoms with Crippen LogP contribution >= 0.6 is 0 Å². The van der Waals surface area contributed by atoms with E-state index in [1.54, 1.807) is 18.2 Å². The average molecular weight is 432 g/mol. The smallest absolute Gasteiger partial charge is 0.338 e. The van der Waals surface area contributed by atoms with E-state index >= 15 is 0 Å². The second-order valence-electron chi connectivity index (χ2n) is 7.85. The fraction of sp³-hybridized carbons (Fsp3) is 0.280. The second-order valence-corrected chi connectivity index (χ2v) is 7.85. The van der Waals surface area contributed by atoms with Gasteiger partial charge in [-0.15, -0.1) is 0 Å². The summed E-state index contributed by atoms with van der Waals surface area (Å²) in [7, 11) is 0. The molecule has 0 saturated carbocycles. The minimum Gasteiger partial charge on any atom is -0.452 e. The fourth-order valence-electron chi connectivity index (χ4n) is 4.18. The second kappa shape index (κ2) is 9.18. The number of nitrogens with one attached hydrogen (secondary N) is 1. The minimum atomic E-state index is -0.705. The van der Waals surface area contributed by atoms with Gasteiger partial charge in [0.1, 0.15) is 0 Å². The van der Waals surface area contributed by atoms with E-state index in [1.165, 1.54) is 12.1 Å². The van der Waals surface area contributed by atoms with Gasteiger partial charge in [-0.3, -0.25) is 19.3 Å². The van der Waals surface area contributed by atoms with Crippen LogP contribution in [0.5, 0.6) is 0 Å². The number of imide groups is 1. The van der Waals surface area contributed by atoms with Gasteiger partial charge in [-0.05, 0) is 49.1 Å². The van der Waals surface area contributed by atoms with Crippen LogP contribution < -0.4 is 10.2 Å². The Labute approximate surface area is 186 Å². The molecule has 0 unspecified atom stereocenters. The molecule has 0 spiro atoms. The highest BCUT2D eigenvalue weighted by Gasteiger charge is 2.47. The molecule has 1 fully saturated rings. The van der Waals surface area contributed by atoms with E-state index < -0.39 is 18.5 Å². The first-order valence-electron chi connectivity index (χ1n) is 10.7. The monoisotopic (exact) mass is 432 g/mol. The molecule has 2 atom stereocenters. The van der Waals surface area contributed by atoms with Crippen LogP contribution in [0.2, 0.25) is 0 Å². The quantitative estimate of drug-likeness (QED) is 0.428. The third kappa shape index (κ3) is 4.19. The molecule has 1 saturated heterocycles. The van der Waals surface area contributed by atoms with Gasteiger partial charge in [0.2, 0.25) is 11.8 Å². The molecule has 1 aliphatic carbocycles. The van der Waals surface area contributed by atoms with Gasteiger partial charge in [0.25, 0.3) is 5.91 Å². The Balaban J connectivity index is 1.41. The van der Waals surface area contributed by atoms with Crippen molar-refractivity contribution >= 4 is 35.1 Å². The van der Waals surface area contributed by atoms with Crippen molar-refractivity contribution in [2.45, 2.75) is 26.2 Å². The van der Waals surface area contributed by atoms with Gasteiger partial charge >= 0.3 is 5.97 Å². The number of ether oxygens (including phenoxy) is 1. The van der Waals surface area contributed by atoms with E-state index in [-0.39, 0.29) is 29.2 Å². The van der Waals surface area contributed by atoms with Crippen LogP contribution in [0.25, 0.3) is 0 Å². The van der Waals surface area contributed by atoms with Crippen molar-refractivity contribution in [2.75, 3.05) is 16.8 Å². The maximum Gasteiger partial charge on any atom is 0.338 e. The molecule has 7 nitrogen and oxygen atoms in total. The zero-order chi connectivity index (χ0) is 22.7. The summed E-state index contributed by atoms with van der Waals surface area (Å²) in [5.74, 6) is -2.34. The van der Waals surface area contributed by atoms with Gasteiger partial charge in [0.15, 0.2) is 6.61 Å². The lowest BCUT2D eigenvalue weighted by molar-refractivity contribution is -0.122. The number of hydrogen-bond acceptors (Lipinski definition) is 5. The van der Waals surface area contributed by atoms with Gasteiger partial charge in [-0.25, -0.2) is 4.79 Å². The lowest BCUT2D eigenvalue weighted by Gasteiger charge is -2.15. The lowest BCUT2D eigenvalue weighted by atomic mass is 9.85. The van der Waals surface area contributed by atoms with Crippen LogP contribution in [-0.2, 0) is 25.5 Å². The van der Waals surface area contributed by atoms with Gasteiger partial charge in [-0.1, -0.05) is 43.3 Å². The van der Waals surface area contributed by atoms with E-state index in [4.69, 9.17) is 4.74 Å². The molecule has 2 aromatic carbocycles. The van der Waals surface area contributed by atoms with Gasteiger partial charge in [-0.2, -0.15) is 0 Å². The summed E-state index contributed by atoms with van der Waals surface area (Å²) in [5, 5.41) is 2.74. The first-order valence-corrected chi connectivity index (χ1v) is 10.7. The number of carbonyl (C=O) groups excluding carboxylic acids is 4. The molecule has 7 heteroatoms. The van der Waals surface area contributed by atoms with Crippen molar-refractivity contribution in [2.24, 2.45) is 11.8 Å². The number of carbonyl (C=O) groups is 4. The molecule has 0 aromatic heterocycles. The summed E-state index contributed by atoms with van der Waals surface area (Å²) in [6.07, 6.45) is 5.70. The molecule has 0 radical (unpaired) electrons. The number of nitrogens with zero attached hydrogens (tertiary/aromatic N) is 1. The SMILES string of the molecule is CCc1ccccc1NC(=O)COC(=O)c1cccc(N2C(=O)[C@@H]3CC=CC[C@H]3C2=O)c1. The van der Waals surface area contributed by atoms with Gasteiger partial charge in [0, 0.05) is 5.69 Å². The van der Waals surface area contributed by atoms with E-state index in [0.717, 1.165) is 16.9 Å². The summed E-state index contributed by atoms with van der Waals surface area (Å²) in [6.45, 7) is 1.54. The standard InChI is InChI=1S/C25H24N2O5/c1-2-16-8-3-6-13-21(16)26-22(28)15-32-25(31)17-9-7-10-18(14-17)27-23(29)19-11-4-5-12-20(19)24(27)30/h3-10,13-14,19-20H,2,11-12,15H2,1H3,(H,26,28)/t19-,20-/m1/s1. The van der Waals surface area contributed by atoms with E-state index in [9.17, 15) is 19.2 Å². The third-order valence-corrected chi connectivity index (χ3v) is 5.85. The molecule has 0 bridgehead atoms. The number of allylic oxidation sites excluding steroid dienone is 2. The highest BCUT2D eigenvalue weighted by molar-refractivity contribution is 6.22. The van der Waals surface area contributed by atoms with Crippen LogP contribution in [0.4, 0.5) is 11.4 Å². The molecular weight excluding hydrogens is 408 g/mol. The van der Waals surface area contributed by atoms with Crippen molar-refractivity contribution in [1.29, 1.82) is 0 Å². The number of aryl methyl sites for hydroxylation is 1. The predicted octanol–water partition coefficient (Wildman–Crippen LogP) is 3.50. The van der Waals surface area contributed by atoms with E-state index in [2.05, 4.69) is 5.32 Å². The number of esters is 1. The summed E-state index contributed by atoms with van der Waals surface area (Å²) in [5.41, 5.74) is 2.17. The van der Waals surface area contributed by atoms with Crippen LogP contribution in [0.3, 0.4) is 0 Å². The topological polar surface area (TPSA) is 92.8 Å². The Kier molecular flexibility index (Phi) is 6.16. The van der Waals surface area contributed by atoms with Crippen molar-refractivity contribution in [3.05, 3.63) is 71.8 Å². The number of amides is 3. The summed E-state index contributed by atoms with van der Waals surface area (Å²) in [4.78, 5) is 51.4. The summed E-state index contributed by atoms with van der Waals surface area (Å²) < 4.78 is 5.15. The number of benzene rings is 2. The Morgan fingerprint density at radius 1 is 1.00 bits per heavy atom. The molecule has 4 rings (SSSR count). The number of hydrogen-bond donors (Lipinski definition) is 1. The Morgan fingerprint density at radius 2 is 1.69 bits per heavy atom. The highest BCUT2D eigenvalue weighted by Crippen LogP contribution is 2.37. The van der Waals surface area contributed by atoms with Crippen LogP contribution in [0, 0.1) is 11.8 Å². The largest absolute Gasteiger partial charge is 0.452 e. The fourth-order valence-corrected chi connectivity index (χ4v) is 4.18. The maximum atomic E-state index is 12.8. The van der Waals surface area contributed by atoms with Crippen molar-refractivity contribution in [1.82, 2.24) is 0 Å². The molecule has 1 heterocycles. The van der Waals surface area contributed by atoms with Crippen molar-refractivity contribution < 1.29 is 23.9 Å². The van der Waals surface area contributed by atoms with Crippen LogP contribution in [0.1, 0.15) is 35.7 Å². The number of anilines is 2. The lowest BCUT2D eigenvalue weighted by Crippen LogP contribution is -2.31. The molecule has 2 aromatic rings. The van der Waals surface area contributed by atoms with E-state index in [1.807, 2.05) is 37.3 Å². The molecule has 2 aliphatic rings. The zero-order valence-corrected chi connectivity index (χ0v) is 17.7. The Morgan fingerprint density at radius 3 is 2.38 bits per heavy atom. The molecular formula is C25H24N2O5. The summed E-state index contributed by atoms with van der Waals surface area (Å²) >= 11 is 0. The van der Waals surface area contributed by atoms with Crippen molar-refractivity contribution in [3.63, 3.8) is 0 Å². The number of fused-ring (bicyclic) bond motifs is 1. The Bertz CT molecular complexity index is 1080. The predicted molar refractivity (Wildman–Crippen MR) is 119 cm³/mol. The van der Waals surface area contributed by atoms with Crippen LogP contribution in [-0.4, -0.2) is 30.3 Å². The molecule has 32 heavy (non-hydrogen) atoms. The maximum absolute atomic E-state index is 12.8. The van der Waals surface area contributed by atoms with Gasteiger partial charge < -0.3 is 10.1 Å². The van der Waals surface area contributed by atoms with E-state index in [0.29, 0.717) is 24.2 Å². The number of para-hydroxylation sites is 1. The highest BCUT2D eigenvalue weighted by atomic mass is 16.5. The van der Waals surface area contributed by atoms with Gasteiger partial charge in [0.05, 0.1) is 23.1 Å². The molecule has 1 N–H and O–H groups in total. The number of rotatable bonds is 6. The normalized spacial score (nSPS) is 19.6. The minimum absolute atomic E-state index is 0.165. The Hall–Kier alpha value is -3.74. The molecule has 3 amide bonds. The van der Waals surface area contributed by atoms with Crippen LogP contribution in [0.15, 0.2) is 60.7 Å². The molecule has 1 aliphatic heterocycles. The first-order chi connectivity index (χ1) is 15.5. The average Bonchev–Trinajstić information content (AvgIpc) is 3.08. The first kappa shape index (κ1) is 21.5. The molecule has 164 valence electrons. The van der Waals surface area contributed by atoms with Crippen molar-refractivity contribution in [3.8, 4) is 0 Å². The summed E-state index contributed by atoms with van der Waals surface area (Å²) in [6, 6.07) is 13.6. The zero-order valence-electron chi connectivity index (χ0n) is 17.7.